The van der Waals surface area contributed by atoms with Crippen LogP contribution in [0.2, 0.25) is 0 Å². The minimum Gasteiger partial charge on any atom is -0.507 e. The summed E-state index contributed by atoms with van der Waals surface area (Å²) in [5.74, 6) is 1.70. The highest BCUT2D eigenvalue weighted by molar-refractivity contribution is 5.79. The summed E-state index contributed by atoms with van der Waals surface area (Å²) in [4.78, 5) is 10.5. The monoisotopic (exact) mass is 587 g/mol. The number of nitro groups is 1. The lowest BCUT2D eigenvalue weighted by Crippen LogP contribution is -2.63. The molecular formula is C34H37NO8. The van der Waals surface area contributed by atoms with E-state index in [2.05, 4.69) is 0 Å². The second kappa shape index (κ2) is 11.4. The molecule has 43 heavy (non-hydrogen) atoms. The molecule has 2 aliphatic rings. The van der Waals surface area contributed by atoms with Gasteiger partial charge in [0.1, 0.15) is 17.1 Å². The molecule has 1 aliphatic heterocycles. The number of aliphatic hydroxyl groups excluding tert-OH is 2. The highest BCUT2D eigenvalue weighted by atomic mass is 16.6. The largest absolute Gasteiger partial charge is 0.507 e. The number of non-ortho nitro benzene ring substituents is 1. The molecule has 0 unspecified atom stereocenters. The number of aliphatic hydroxyl groups is 2. The minimum absolute atomic E-state index is 0.00716. The van der Waals surface area contributed by atoms with Gasteiger partial charge in [0, 0.05) is 29.9 Å². The molecule has 9 heteroatoms. The lowest BCUT2D eigenvalue weighted by molar-refractivity contribution is -0.384. The molecule has 9 nitrogen and oxygen atoms in total. The van der Waals surface area contributed by atoms with E-state index in [1.165, 1.54) is 19.2 Å². The Morgan fingerprint density at radius 2 is 1.51 bits per heavy atom. The molecule has 1 aliphatic carbocycles. The molecule has 0 spiro atoms. The van der Waals surface area contributed by atoms with E-state index in [0.29, 0.717) is 41.2 Å². The zero-order valence-electron chi connectivity index (χ0n) is 24.9. The van der Waals surface area contributed by atoms with Crippen LogP contribution >= 0.6 is 0 Å². The molecular weight excluding hydrogens is 550 g/mol. The Morgan fingerprint density at radius 3 is 2.14 bits per heavy atom. The molecule has 0 bridgehead atoms. The van der Waals surface area contributed by atoms with Crippen molar-refractivity contribution in [2.75, 3.05) is 14.2 Å². The van der Waals surface area contributed by atoms with Crippen LogP contribution in [0.5, 0.6) is 23.0 Å². The predicted octanol–water partition coefficient (Wildman–Crippen LogP) is 6.12. The molecule has 0 radical (unpaired) electrons. The van der Waals surface area contributed by atoms with Crippen LogP contribution in [0.4, 0.5) is 5.69 Å². The number of aromatic hydroxyl groups is 1. The van der Waals surface area contributed by atoms with E-state index in [0.717, 1.165) is 16.7 Å². The summed E-state index contributed by atoms with van der Waals surface area (Å²) in [6.45, 7) is 5.95. The number of phenols is 1. The minimum atomic E-state index is -0.872. The Kier molecular flexibility index (Phi) is 7.98. The van der Waals surface area contributed by atoms with Crippen LogP contribution in [0.3, 0.4) is 0 Å². The third-order valence-corrected chi connectivity index (χ3v) is 8.89. The number of nitrogens with zero attached hydrogens (tertiary/aromatic N) is 1. The first-order valence-electron chi connectivity index (χ1n) is 14.1. The summed E-state index contributed by atoms with van der Waals surface area (Å²) in [6, 6.07) is 13.5. The highest BCUT2D eigenvalue weighted by Gasteiger charge is 2.58. The van der Waals surface area contributed by atoms with E-state index in [-0.39, 0.29) is 17.4 Å². The highest BCUT2D eigenvalue weighted by Crippen LogP contribution is 2.55. The normalized spacial score (nSPS) is 24.3. The third kappa shape index (κ3) is 5.70. The van der Waals surface area contributed by atoms with Crippen LogP contribution in [0, 0.1) is 21.4 Å². The van der Waals surface area contributed by atoms with Crippen molar-refractivity contribution in [3.8, 4) is 23.0 Å². The predicted molar refractivity (Wildman–Crippen MR) is 165 cm³/mol. The Balaban J connectivity index is 1.42. The van der Waals surface area contributed by atoms with Crippen LogP contribution in [0.25, 0.3) is 24.3 Å². The molecule has 1 heterocycles. The topological polar surface area (TPSA) is 132 Å². The van der Waals surface area contributed by atoms with E-state index in [9.17, 15) is 25.4 Å². The first-order valence-corrected chi connectivity index (χ1v) is 14.1. The molecule has 3 aromatic rings. The van der Waals surface area contributed by atoms with Crippen LogP contribution in [-0.2, 0) is 6.42 Å². The van der Waals surface area contributed by atoms with Crippen LogP contribution < -0.4 is 14.2 Å². The van der Waals surface area contributed by atoms with Gasteiger partial charge in [-0.1, -0.05) is 32.1 Å². The number of rotatable bonds is 7. The maximum atomic E-state index is 10.9. The fraction of sp³-hybridized carbons (Fsp3) is 0.353. The second-order valence-corrected chi connectivity index (χ2v) is 12.1. The number of nitro benzene ring substituents is 1. The molecule has 4 atom stereocenters. The second-order valence-electron chi connectivity index (χ2n) is 12.1. The molecule has 0 saturated heterocycles. The first-order chi connectivity index (χ1) is 20.4. The van der Waals surface area contributed by atoms with Gasteiger partial charge in [0.2, 0.25) is 0 Å². The van der Waals surface area contributed by atoms with Crippen molar-refractivity contribution in [3.63, 3.8) is 0 Å². The van der Waals surface area contributed by atoms with Crippen molar-refractivity contribution >= 4 is 30.0 Å². The number of ether oxygens (including phenoxy) is 3. The molecule has 226 valence electrons. The summed E-state index contributed by atoms with van der Waals surface area (Å²) in [5.41, 5.74) is 2.57. The quantitative estimate of drug-likeness (QED) is 0.171. The SMILES string of the molecule is COc1cc(/C=C/c2cc3c(c(OC)c2)O[C@]2(C)C[C@@H](O)[C@@H](O)C(C)(C)[C@H]2C3)cc(O)c1/C=C/c1ccc([N+](=O)[O-])cc1. The maximum absolute atomic E-state index is 10.9. The Hall–Kier alpha value is -4.34. The van der Waals surface area contributed by atoms with E-state index in [1.54, 1.807) is 37.5 Å². The smallest absolute Gasteiger partial charge is 0.269 e. The summed E-state index contributed by atoms with van der Waals surface area (Å²) < 4.78 is 17.8. The lowest BCUT2D eigenvalue weighted by atomic mass is 9.57. The molecule has 1 saturated carbocycles. The Bertz CT molecular complexity index is 1590. The molecule has 1 fully saturated rings. The standard InChI is InChI=1S/C34H37NO8/c1-33(2)30-18-23-14-21(17-29(42-5)31(23)43-34(30,3)19-27(37)32(33)38)6-7-22-15-26(36)25(28(16-22)41-4)13-10-20-8-11-24(12-9-20)35(39)40/h6-17,27,30,32,36-38H,18-19H2,1-5H3/b7-6+,13-10+/t27-,30-,32-,34-/m1/s1. The number of hydrogen-bond acceptors (Lipinski definition) is 8. The number of hydrogen-bond donors (Lipinski definition) is 3. The van der Waals surface area contributed by atoms with Gasteiger partial charge in [-0.05, 0) is 78.1 Å². The van der Waals surface area contributed by atoms with Gasteiger partial charge in [0.05, 0.1) is 36.9 Å². The van der Waals surface area contributed by atoms with Gasteiger partial charge in [0.25, 0.3) is 5.69 Å². The van der Waals surface area contributed by atoms with Gasteiger partial charge >= 0.3 is 0 Å². The van der Waals surface area contributed by atoms with E-state index in [1.807, 2.05) is 51.1 Å². The van der Waals surface area contributed by atoms with Crippen molar-refractivity contribution in [1.82, 2.24) is 0 Å². The Morgan fingerprint density at radius 1 is 0.907 bits per heavy atom. The number of phenolic OH excluding ortho intramolecular Hbond substituents is 1. The number of fused-ring (bicyclic) bond motifs is 2. The summed E-state index contributed by atoms with van der Waals surface area (Å²) in [7, 11) is 3.12. The molecule has 0 aromatic heterocycles. The zero-order valence-corrected chi connectivity index (χ0v) is 24.9. The van der Waals surface area contributed by atoms with Crippen molar-refractivity contribution in [1.29, 1.82) is 0 Å². The van der Waals surface area contributed by atoms with Crippen LogP contribution in [0.15, 0.2) is 48.5 Å². The van der Waals surface area contributed by atoms with Gasteiger partial charge in [-0.25, -0.2) is 0 Å². The number of benzene rings is 3. The fourth-order valence-corrected chi connectivity index (χ4v) is 6.55. The van der Waals surface area contributed by atoms with E-state index >= 15 is 0 Å². The van der Waals surface area contributed by atoms with Gasteiger partial charge in [0.15, 0.2) is 11.5 Å². The van der Waals surface area contributed by atoms with E-state index < -0.39 is 28.1 Å². The number of methoxy groups -OCH3 is 2. The van der Waals surface area contributed by atoms with Gasteiger partial charge in [-0.15, -0.1) is 0 Å². The van der Waals surface area contributed by atoms with Crippen molar-refractivity contribution < 1.29 is 34.5 Å². The lowest BCUT2D eigenvalue weighted by Gasteiger charge is -2.56. The van der Waals surface area contributed by atoms with Crippen LogP contribution in [0.1, 0.15) is 55.0 Å². The van der Waals surface area contributed by atoms with Crippen LogP contribution in [-0.4, -0.2) is 52.3 Å². The van der Waals surface area contributed by atoms with Crippen molar-refractivity contribution in [2.24, 2.45) is 11.3 Å². The van der Waals surface area contributed by atoms with Gasteiger partial charge in [-0.3, -0.25) is 10.1 Å². The fourth-order valence-electron chi connectivity index (χ4n) is 6.55. The average Bonchev–Trinajstić information content (AvgIpc) is 2.97. The molecule has 5 rings (SSSR count). The summed E-state index contributed by atoms with van der Waals surface area (Å²) in [6.07, 6.45) is 6.50. The van der Waals surface area contributed by atoms with Gasteiger partial charge in [-0.2, -0.15) is 0 Å². The summed E-state index contributed by atoms with van der Waals surface area (Å²) >= 11 is 0. The first kappa shape index (κ1) is 30.1. The zero-order chi connectivity index (χ0) is 31.1. The maximum Gasteiger partial charge on any atom is 0.269 e. The Labute approximate surface area is 250 Å². The third-order valence-electron chi connectivity index (χ3n) is 8.89. The van der Waals surface area contributed by atoms with Gasteiger partial charge < -0.3 is 29.5 Å². The average molecular weight is 588 g/mol. The van der Waals surface area contributed by atoms with Crippen molar-refractivity contribution in [3.05, 3.63) is 86.5 Å². The summed E-state index contributed by atoms with van der Waals surface area (Å²) in [5, 5.41) is 43.1. The van der Waals surface area contributed by atoms with E-state index in [4.69, 9.17) is 14.2 Å². The molecule has 3 N–H and O–H groups in total. The molecule has 0 amide bonds. The molecule has 3 aromatic carbocycles. The van der Waals surface area contributed by atoms with Crippen molar-refractivity contribution in [2.45, 2.75) is 51.4 Å².